The van der Waals surface area contributed by atoms with Gasteiger partial charge in [-0.25, -0.2) is 4.98 Å². The van der Waals surface area contributed by atoms with E-state index in [4.69, 9.17) is 26.8 Å². The number of benzene rings is 2. The molecule has 0 aliphatic carbocycles. The molecule has 11 heteroatoms. The minimum Gasteiger partial charge on any atom is -0.480 e. The number of halogens is 1. The summed E-state index contributed by atoms with van der Waals surface area (Å²) in [7, 11) is 0. The van der Waals surface area contributed by atoms with Crippen molar-refractivity contribution in [1.82, 2.24) is 15.2 Å². The number of carbonyl (C=O) groups is 2. The summed E-state index contributed by atoms with van der Waals surface area (Å²) < 4.78 is 10.7. The Bertz CT molecular complexity index is 1360. The topological polar surface area (TPSA) is 147 Å². The van der Waals surface area contributed by atoms with Crippen molar-refractivity contribution in [2.75, 3.05) is 38.6 Å². The summed E-state index contributed by atoms with van der Waals surface area (Å²) in [5.41, 5.74) is 9.12. The number of aryl methyl sites for hydroxylation is 1. The predicted molar refractivity (Wildman–Crippen MR) is 163 cm³/mol. The molecule has 10 nitrogen and oxygen atoms in total. The Balaban J connectivity index is 0.000000414. The van der Waals surface area contributed by atoms with Crippen molar-refractivity contribution < 1.29 is 29.3 Å². The fraction of sp³-hybridized carbons (Fsp3) is 0.323. The number of nitrogen functional groups attached to an aromatic ring is 1. The fourth-order valence-corrected chi connectivity index (χ4v) is 4.37. The van der Waals surface area contributed by atoms with Gasteiger partial charge >= 0.3 is 0 Å². The van der Waals surface area contributed by atoms with Gasteiger partial charge in [-0.2, -0.15) is 0 Å². The zero-order chi connectivity index (χ0) is 30.7. The highest BCUT2D eigenvalue weighted by molar-refractivity contribution is 6.32. The number of aromatic nitrogens is 1. The first-order chi connectivity index (χ1) is 20.2. The highest BCUT2D eigenvalue weighted by atomic mass is 35.5. The van der Waals surface area contributed by atoms with E-state index in [1.54, 1.807) is 35.2 Å². The number of aliphatic hydroxyl groups is 2. The highest BCUT2D eigenvalue weighted by Crippen LogP contribution is 2.46. The smallest absolute Gasteiger partial charge is 0.244 e. The van der Waals surface area contributed by atoms with Crippen molar-refractivity contribution in [2.24, 2.45) is 0 Å². The number of nitrogens with one attached hydrogen (secondary N) is 1. The number of rotatable bonds is 6. The first kappa shape index (κ1) is 32.6. The molecule has 1 atom stereocenters. The standard InChI is InChI=1S/C24H22ClN3O4.C5H9NO2.C2H6/c1-14-2-6-16(7-3-14)17-10-18-23(19(25)11-17)32-20(24(18,30)31)13-28-22(29)9-5-15-4-8-21(26)27-12-15;7-5-6-1-3-8-4-2-6;1-2/h2-12,20,30-31H,13H2,1H3,(H2,26,27)(H,28,29);5H,1-4H2;1-2H3/b9-5+;;. The van der Waals surface area contributed by atoms with Crippen molar-refractivity contribution in [3.63, 3.8) is 0 Å². The van der Waals surface area contributed by atoms with Crippen LogP contribution in [-0.2, 0) is 20.1 Å². The largest absolute Gasteiger partial charge is 0.480 e. The van der Waals surface area contributed by atoms with Crippen LogP contribution in [0.2, 0.25) is 5.02 Å². The second-order valence-electron chi connectivity index (χ2n) is 9.38. The molecule has 0 saturated carbocycles. The average Bonchev–Trinajstić information content (AvgIpc) is 3.27. The quantitative estimate of drug-likeness (QED) is 0.192. The van der Waals surface area contributed by atoms with Crippen LogP contribution in [0.1, 0.15) is 30.5 Å². The summed E-state index contributed by atoms with van der Waals surface area (Å²) in [6, 6.07) is 14.5. The first-order valence-electron chi connectivity index (χ1n) is 13.6. The maximum absolute atomic E-state index is 12.2. The SMILES string of the molecule is CC.Cc1ccc(-c2cc(Cl)c3c(c2)C(O)(O)C(CNC(=O)/C=C/c2ccc(N)nc2)O3)cc1.O=CN1CCOCC1. The zero-order valence-corrected chi connectivity index (χ0v) is 24.7. The maximum Gasteiger partial charge on any atom is 0.244 e. The molecule has 0 spiro atoms. The minimum atomic E-state index is -2.32. The summed E-state index contributed by atoms with van der Waals surface area (Å²) in [6.45, 7) is 8.74. The summed E-state index contributed by atoms with van der Waals surface area (Å²) >= 11 is 6.38. The van der Waals surface area contributed by atoms with E-state index in [2.05, 4.69) is 10.3 Å². The van der Waals surface area contributed by atoms with Crippen LogP contribution in [0.3, 0.4) is 0 Å². The van der Waals surface area contributed by atoms with E-state index in [0.29, 0.717) is 24.6 Å². The van der Waals surface area contributed by atoms with Gasteiger partial charge in [-0.15, -0.1) is 0 Å². The van der Waals surface area contributed by atoms with Crippen molar-refractivity contribution in [3.05, 3.63) is 82.5 Å². The lowest BCUT2D eigenvalue weighted by molar-refractivity contribution is -0.207. The molecule has 1 aromatic heterocycles. The van der Waals surface area contributed by atoms with Gasteiger partial charge in [-0.1, -0.05) is 55.3 Å². The normalized spacial score (nSPS) is 16.7. The summed E-state index contributed by atoms with van der Waals surface area (Å²) in [5, 5.41) is 24.4. The number of carbonyl (C=O) groups excluding carboxylic acids is 2. The molecule has 0 bridgehead atoms. The lowest BCUT2D eigenvalue weighted by atomic mass is 9.96. The highest BCUT2D eigenvalue weighted by Gasteiger charge is 2.47. The molecular formula is C31H37ClN4O6. The number of hydrogen-bond donors (Lipinski definition) is 4. The molecule has 1 saturated heterocycles. The van der Waals surface area contributed by atoms with Crippen LogP contribution < -0.4 is 15.8 Å². The van der Waals surface area contributed by atoms with Gasteiger partial charge in [0.1, 0.15) is 11.6 Å². The van der Waals surface area contributed by atoms with Crippen LogP contribution in [-0.4, -0.2) is 71.4 Å². The zero-order valence-electron chi connectivity index (χ0n) is 23.9. The van der Waals surface area contributed by atoms with Crippen molar-refractivity contribution >= 4 is 35.8 Å². The molecule has 42 heavy (non-hydrogen) atoms. The Morgan fingerprint density at radius 1 is 1.14 bits per heavy atom. The van der Waals surface area contributed by atoms with Gasteiger partial charge < -0.3 is 35.6 Å². The number of fused-ring (bicyclic) bond motifs is 1. The lowest BCUT2D eigenvalue weighted by Gasteiger charge is -2.23. The van der Waals surface area contributed by atoms with E-state index in [1.807, 2.05) is 45.0 Å². The Kier molecular flexibility index (Phi) is 11.9. The average molecular weight is 597 g/mol. The Hall–Kier alpha value is -3.96. The molecule has 1 fully saturated rings. The van der Waals surface area contributed by atoms with Crippen LogP contribution >= 0.6 is 11.6 Å². The molecule has 5 rings (SSSR count). The van der Waals surface area contributed by atoms with Crippen LogP contribution in [0.15, 0.2) is 60.8 Å². The van der Waals surface area contributed by atoms with Gasteiger partial charge in [0.25, 0.3) is 0 Å². The molecule has 2 aromatic carbocycles. The minimum absolute atomic E-state index is 0.138. The first-order valence-corrected chi connectivity index (χ1v) is 14.0. The number of amides is 2. The van der Waals surface area contributed by atoms with Gasteiger partial charge in [-0.3, -0.25) is 9.59 Å². The van der Waals surface area contributed by atoms with Gasteiger partial charge in [0.15, 0.2) is 6.10 Å². The fourth-order valence-electron chi connectivity index (χ4n) is 4.10. The van der Waals surface area contributed by atoms with Crippen molar-refractivity contribution in [2.45, 2.75) is 32.7 Å². The third-order valence-electron chi connectivity index (χ3n) is 6.43. The van der Waals surface area contributed by atoms with Crippen LogP contribution in [0.4, 0.5) is 5.82 Å². The number of morpholine rings is 1. The van der Waals surface area contributed by atoms with E-state index in [0.717, 1.165) is 36.2 Å². The second kappa shape index (κ2) is 15.3. The molecule has 3 heterocycles. The summed E-state index contributed by atoms with van der Waals surface area (Å²) in [5.74, 6) is -2.17. The molecule has 224 valence electrons. The van der Waals surface area contributed by atoms with Crippen molar-refractivity contribution in [1.29, 1.82) is 0 Å². The molecule has 1 unspecified atom stereocenters. The Morgan fingerprint density at radius 2 is 1.83 bits per heavy atom. The summed E-state index contributed by atoms with van der Waals surface area (Å²) in [4.78, 5) is 27.9. The number of nitrogens with zero attached hydrogens (tertiary/aromatic N) is 2. The van der Waals surface area contributed by atoms with E-state index in [-0.39, 0.29) is 22.9 Å². The molecule has 2 amide bonds. The van der Waals surface area contributed by atoms with E-state index >= 15 is 0 Å². The second-order valence-corrected chi connectivity index (χ2v) is 9.79. The molecule has 2 aliphatic heterocycles. The molecule has 5 N–H and O–H groups in total. The van der Waals surface area contributed by atoms with Gasteiger partial charge in [-0.05, 0) is 54.0 Å². The van der Waals surface area contributed by atoms with Crippen LogP contribution in [0.25, 0.3) is 17.2 Å². The van der Waals surface area contributed by atoms with E-state index in [9.17, 15) is 19.8 Å². The van der Waals surface area contributed by atoms with E-state index in [1.165, 1.54) is 12.3 Å². The number of pyridine rings is 1. The third-order valence-corrected chi connectivity index (χ3v) is 6.71. The number of anilines is 1. The molecule has 3 aromatic rings. The van der Waals surface area contributed by atoms with Crippen LogP contribution in [0.5, 0.6) is 5.75 Å². The maximum atomic E-state index is 12.2. The summed E-state index contributed by atoms with van der Waals surface area (Å²) in [6.07, 6.45) is 4.16. The Morgan fingerprint density at radius 3 is 2.43 bits per heavy atom. The Labute approximate surface area is 250 Å². The van der Waals surface area contributed by atoms with Crippen LogP contribution in [0, 0.1) is 6.92 Å². The number of ether oxygens (including phenoxy) is 2. The monoisotopic (exact) mass is 596 g/mol. The molecular weight excluding hydrogens is 560 g/mol. The van der Waals surface area contributed by atoms with Crippen molar-refractivity contribution in [3.8, 4) is 16.9 Å². The lowest BCUT2D eigenvalue weighted by Crippen LogP contribution is -2.45. The van der Waals surface area contributed by atoms with Gasteiger partial charge in [0.05, 0.1) is 30.3 Å². The molecule has 2 aliphatic rings. The van der Waals surface area contributed by atoms with E-state index < -0.39 is 17.8 Å². The number of nitrogens with two attached hydrogens (primary N) is 1. The van der Waals surface area contributed by atoms with Gasteiger partial charge in [0.2, 0.25) is 18.1 Å². The third kappa shape index (κ3) is 8.53. The van der Waals surface area contributed by atoms with Gasteiger partial charge in [0, 0.05) is 25.4 Å². The number of hydrogen-bond acceptors (Lipinski definition) is 8. The molecule has 0 radical (unpaired) electrons. The predicted octanol–water partition coefficient (Wildman–Crippen LogP) is 3.52.